The van der Waals surface area contributed by atoms with E-state index in [1.165, 1.54) is 0 Å². The molecule has 0 N–H and O–H groups in total. The predicted molar refractivity (Wildman–Crippen MR) is 46.5 cm³/mol. The molecule has 0 saturated carbocycles. The van der Waals surface area contributed by atoms with Crippen LogP contribution < -0.4 is 9.47 Å². The largest absolute Gasteiger partial charge is 0.573 e. The van der Waals surface area contributed by atoms with Crippen LogP contribution in [0.25, 0.3) is 0 Å². The number of nitrogens with zero attached hydrogens (tertiary/aromatic N) is 1. The topological polar surface area (TPSA) is 61.6 Å². The Morgan fingerprint density at radius 1 is 0.895 bits per heavy atom. The van der Waals surface area contributed by atoms with Gasteiger partial charge in [-0.1, -0.05) is 0 Å². The predicted octanol–water partition coefficient (Wildman–Crippen LogP) is 3.39. The average molecular weight is 291 g/mol. The summed E-state index contributed by atoms with van der Waals surface area (Å²) in [7, 11) is 0. The first-order chi connectivity index (χ1) is 8.46. The zero-order chi connectivity index (χ0) is 14.8. The molecular formula is C8H3F6NO4. The highest BCUT2D eigenvalue weighted by Gasteiger charge is 2.34. The molecule has 0 amide bonds. The minimum absolute atomic E-state index is 0.230. The summed E-state index contributed by atoms with van der Waals surface area (Å²) in [5.41, 5.74) is -1.04. The molecule has 106 valence electrons. The van der Waals surface area contributed by atoms with E-state index >= 15 is 0 Å². The van der Waals surface area contributed by atoms with Gasteiger partial charge in [-0.15, -0.1) is 26.3 Å². The van der Waals surface area contributed by atoms with Crippen molar-refractivity contribution in [3.63, 3.8) is 0 Å². The fourth-order valence-corrected chi connectivity index (χ4v) is 1.05. The molecule has 0 aliphatic carbocycles. The van der Waals surface area contributed by atoms with Crippen molar-refractivity contribution >= 4 is 5.69 Å². The van der Waals surface area contributed by atoms with E-state index < -0.39 is 34.8 Å². The van der Waals surface area contributed by atoms with E-state index in [2.05, 4.69) is 9.47 Å². The number of halogens is 6. The van der Waals surface area contributed by atoms with Gasteiger partial charge < -0.3 is 9.47 Å². The summed E-state index contributed by atoms with van der Waals surface area (Å²) in [5.74, 6) is -2.39. The van der Waals surface area contributed by atoms with Crippen LogP contribution in [-0.2, 0) is 0 Å². The third kappa shape index (κ3) is 5.31. The van der Waals surface area contributed by atoms with Gasteiger partial charge in [-0.2, -0.15) is 0 Å². The summed E-state index contributed by atoms with van der Waals surface area (Å²) in [5, 5.41) is 10.4. The minimum atomic E-state index is -5.20. The van der Waals surface area contributed by atoms with Crippen molar-refractivity contribution in [1.82, 2.24) is 0 Å². The summed E-state index contributed by atoms with van der Waals surface area (Å²) in [6.45, 7) is 0. The second-order valence-corrected chi connectivity index (χ2v) is 3.02. The van der Waals surface area contributed by atoms with E-state index in [4.69, 9.17) is 0 Å². The highest BCUT2D eigenvalue weighted by atomic mass is 19.4. The summed E-state index contributed by atoms with van der Waals surface area (Å²) < 4.78 is 77.9. The highest BCUT2D eigenvalue weighted by molar-refractivity contribution is 5.46. The van der Waals surface area contributed by atoms with Gasteiger partial charge in [0.2, 0.25) is 0 Å². The molecule has 0 bridgehead atoms. The normalized spacial score (nSPS) is 12.1. The third-order valence-electron chi connectivity index (χ3n) is 1.54. The van der Waals surface area contributed by atoms with E-state index in [0.717, 1.165) is 0 Å². The van der Waals surface area contributed by atoms with Crippen LogP contribution in [0.2, 0.25) is 0 Å². The van der Waals surface area contributed by atoms with Gasteiger partial charge in [0.05, 0.1) is 17.1 Å². The zero-order valence-electron chi connectivity index (χ0n) is 8.58. The van der Waals surface area contributed by atoms with Crippen LogP contribution in [-0.4, -0.2) is 17.6 Å². The zero-order valence-corrected chi connectivity index (χ0v) is 8.58. The molecule has 1 aromatic rings. The monoisotopic (exact) mass is 291 g/mol. The van der Waals surface area contributed by atoms with Gasteiger partial charge in [-0.05, 0) is 0 Å². The van der Waals surface area contributed by atoms with E-state index in [0.29, 0.717) is 12.1 Å². The summed E-state index contributed by atoms with van der Waals surface area (Å²) >= 11 is 0. The summed E-state index contributed by atoms with van der Waals surface area (Å²) in [4.78, 5) is 9.18. The lowest BCUT2D eigenvalue weighted by Crippen LogP contribution is -2.19. The quantitative estimate of drug-likeness (QED) is 0.486. The van der Waals surface area contributed by atoms with Crippen molar-refractivity contribution in [2.75, 3.05) is 0 Å². The van der Waals surface area contributed by atoms with Gasteiger partial charge in [0, 0.05) is 6.07 Å². The number of alkyl halides is 6. The lowest BCUT2D eigenvalue weighted by Gasteiger charge is -2.12. The van der Waals surface area contributed by atoms with E-state index in [1.807, 2.05) is 0 Å². The Balaban J connectivity index is 3.14. The molecule has 0 atom stereocenters. The number of non-ortho nitro benzene ring substituents is 1. The van der Waals surface area contributed by atoms with Crippen molar-refractivity contribution in [3.8, 4) is 11.5 Å². The Labute approximate surface area is 100 Å². The van der Waals surface area contributed by atoms with E-state index in [1.54, 1.807) is 0 Å². The SMILES string of the molecule is O=[N+]([O-])c1cc(OC(F)(F)F)cc(OC(F)(F)F)c1. The molecule has 0 aliphatic rings. The Bertz CT molecular complexity index is 449. The molecule has 1 aromatic carbocycles. The standard InChI is InChI=1S/C8H3F6NO4/c9-7(10,11)18-5-1-4(15(16)17)2-6(3-5)19-8(12,13)14/h1-3H. The molecule has 0 aromatic heterocycles. The molecule has 11 heteroatoms. The van der Waals surface area contributed by atoms with Gasteiger partial charge in [0.1, 0.15) is 11.5 Å². The number of hydrogen-bond acceptors (Lipinski definition) is 4. The van der Waals surface area contributed by atoms with E-state index in [9.17, 15) is 36.5 Å². The smallest absolute Gasteiger partial charge is 0.405 e. The van der Waals surface area contributed by atoms with Crippen LogP contribution in [0.3, 0.4) is 0 Å². The number of nitro benzene ring substituents is 1. The van der Waals surface area contributed by atoms with Gasteiger partial charge in [-0.3, -0.25) is 10.1 Å². The van der Waals surface area contributed by atoms with Crippen molar-refractivity contribution in [3.05, 3.63) is 28.3 Å². The maximum Gasteiger partial charge on any atom is 0.573 e. The third-order valence-corrected chi connectivity index (χ3v) is 1.54. The second-order valence-electron chi connectivity index (χ2n) is 3.02. The fraction of sp³-hybridized carbons (Fsp3) is 0.250. The lowest BCUT2D eigenvalue weighted by atomic mass is 10.3. The molecule has 0 heterocycles. The number of hydrogen-bond donors (Lipinski definition) is 0. The van der Waals surface area contributed by atoms with Gasteiger partial charge in [0.15, 0.2) is 0 Å². The fourth-order valence-electron chi connectivity index (χ4n) is 1.05. The molecule has 1 rings (SSSR count). The van der Waals surface area contributed by atoms with Gasteiger partial charge >= 0.3 is 12.7 Å². The van der Waals surface area contributed by atoms with Crippen LogP contribution in [0, 0.1) is 10.1 Å². The van der Waals surface area contributed by atoms with E-state index in [-0.39, 0.29) is 6.07 Å². The Morgan fingerprint density at radius 3 is 1.53 bits per heavy atom. The molecule has 0 fully saturated rings. The summed E-state index contributed by atoms with van der Waals surface area (Å²) in [6, 6.07) is 0.863. The van der Waals surface area contributed by atoms with Crippen LogP contribution >= 0.6 is 0 Å². The lowest BCUT2D eigenvalue weighted by molar-refractivity contribution is -0.385. The molecule has 0 saturated heterocycles. The van der Waals surface area contributed by atoms with Gasteiger partial charge in [-0.25, -0.2) is 0 Å². The van der Waals surface area contributed by atoms with Crippen molar-refractivity contribution in [1.29, 1.82) is 0 Å². The highest BCUT2D eigenvalue weighted by Crippen LogP contribution is 2.33. The van der Waals surface area contributed by atoms with Crippen LogP contribution in [0.15, 0.2) is 18.2 Å². The maximum atomic E-state index is 11.9. The average Bonchev–Trinajstić information content (AvgIpc) is 2.10. The first kappa shape index (κ1) is 14.9. The Hall–Kier alpha value is -2.20. The molecule has 5 nitrogen and oxygen atoms in total. The first-order valence-electron chi connectivity index (χ1n) is 4.27. The number of nitro groups is 1. The van der Waals surface area contributed by atoms with Crippen LogP contribution in [0.5, 0.6) is 11.5 Å². The maximum absolute atomic E-state index is 11.9. The van der Waals surface area contributed by atoms with Gasteiger partial charge in [0.25, 0.3) is 5.69 Å². The molecule has 0 radical (unpaired) electrons. The molecule has 19 heavy (non-hydrogen) atoms. The molecule has 0 spiro atoms. The number of rotatable bonds is 3. The first-order valence-corrected chi connectivity index (χ1v) is 4.27. The van der Waals surface area contributed by atoms with Crippen LogP contribution in [0.4, 0.5) is 32.0 Å². The van der Waals surface area contributed by atoms with Crippen molar-refractivity contribution in [2.24, 2.45) is 0 Å². The molecule has 0 unspecified atom stereocenters. The Morgan fingerprint density at radius 2 is 1.26 bits per heavy atom. The second kappa shape index (κ2) is 4.82. The van der Waals surface area contributed by atoms with Crippen molar-refractivity contribution in [2.45, 2.75) is 12.7 Å². The molecule has 0 aliphatic heterocycles. The molecular weight excluding hydrogens is 288 g/mol. The summed E-state index contributed by atoms with van der Waals surface area (Å²) in [6.07, 6.45) is -10.4. The number of ether oxygens (including phenoxy) is 2. The minimum Gasteiger partial charge on any atom is -0.405 e. The van der Waals surface area contributed by atoms with Crippen LogP contribution in [0.1, 0.15) is 0 Å². The number of benzene rings is 1. The van der Waals surface area contributed by atoms with Crippen molar-refractivity contribution < 1.29 is 40.7 Å². The Kier molecular flexibility index (Phi) is 3.77.